The molecule has 0 fully saturated rings. The van der Waals surface area contributed by atoms with E-state index in [0.29, 0.717) is 5.78 Å². The molecule has 1 heteroatoms. The second-order valence-corrected chi connectivity index (χ2v) is 3.97. The second-order valence-electron chi connectivity index (χ2n) is 3.97. The summed E-state index contributed by atoms with van der Waals surface area (Å²) in [6.45, 7) is 6.33. The van der Waals surface area contributed by atoms with E-state index in [-0.39, 0.29) is 5.92 Å². The molecule has 0 aromatic rings. The van der Waals surface area contributed by atoms with E-state index in [9.17, 15) is 4.79 Å². The van der Waals surface area contributed by atoms with Crippen molar-refractivity contribution in [3.8, 4) is 0 Å². The van der Waals surface area contributed by atoms with Crippen molar-refractivity contribution in [2.24, 2.45) is 5.92 Å². The Morgan fingerprint density at radius 2 is 1.93 bits per heavy atom. The van der Waals surface area contributed by atoms with Gasteiger partial charge < -0.3 is 0 Å². The monoisotopic (exact) mass is 196 g/mol. The first-order valence-electron chi connectivity index (χ1n) is 5.90. The van der Waals surface area contributed by atoms with E-state index in [4.69, 9.17) is 0 Å². The van der Waals surface area contributed by atoms with Crippen LogP contribution in [-0.2, 0) is 4.79 Å². The lowest BCUT2D eigenvalue weighted by atomic mass is 9.98. The van der Waals surface area contributed by atoms with Crippen molar-refractivity contribution in [3.63, 3.8) is 0 Å². The maximum atomic E-state index is 11.5. The van der Waals surface area contributed by atoms with Crippen LogP contribution in [0.25, 0.3) is 0 Å². The molecule has 82 valence electrons. The number of ketones is 1. The van der Waals surface area contributed by atoms with Gasteiger partial charge in [0.2, 0.25) is 0 Å². The molecule has 1 atom stereocenters. The van der Waals surface area contributed by atoms with Crippen LogP contribution in [-0.4, -0.2) is 5.78 Å². The Labute approximate surface area is 88.6 Å². The van der Waals surface area contributed by atoms with Gasteiger partial charge in [-0.25, -0.2) is 0 Å². The molecule has 0 saturated heterocycles. The van der Waals surface area contributed by atoms with Gasteiger partial charge in [0, 0.05) is 12.3 Å². The van der Waals surface area contributed by atoms with Crippen molar-refractivity contribution in [3.05, 3.63) is 12.2 Å². The van der Waals surface area contributed by atoms with Crippen LogP contribution < -0.4 is 0 Å². The van der Waals surface area contributed by atoms with E-state index in [1.807, 2.05) is 6.92 Å². The third-order valence-corrected chi connectivity index (χ3v) is 2.44. The summed E-state index contributed by atoms with van der Waals surface area (Å²) in [7, 11) is 0. The molecule has 0 amide bonds. The molecule has 14 heavy (non-hydrogen) atoms. The van der Waals surface area contributed by atoms with Gasteiger partial charge >= 0.3 is 0 Å². The van der Waals surface area contributed by atoms with Gasteiger partial charge in [-0.05, 0) is 19.3 Å². The minimum Gasteiger partial charge on any atom is -0.299 e. The number of allylic oxidation sites excluding steroid dienone is 2. The molecule has 0 N–H and O–H groups in total. The molecule has 1 nitrogen and oxygen atoms in total. The Hall–Kier alpha value is -0.590. The number of carbonyl (C=O) groups excluding carboxylic acids is 1. The molecule has 0 heterocycles. The Balaban J connectivity index is 3.61. The molecule has 0 aliphatic carbocycles. The summed E-state index contributed by atoms with van der Waals surface area (Å²) < 4.78 is 0. The summed E-state index contributed by atoms with van der Waals surface area (Å²) in [5, 5.41) is 0. The Kier molecular flexibility index (Phi) is 8.61. The third kappa shape index (κ3) is 6.88. The number of hydrogen-bond donors (Lipinski definition) is 0. The molecule has 0 spiro atoms. The molecule has 0 saturated carbocycles. The van der Waals surface area contributed by atoms with Crippen molar-refractivity contribution in [2.75, 3.05) is 0 Å². The zero-order chi connectivity index (χ0) is 10.8. The van der Waals surface area contributed by atoms with Crippen molar-refractivity contribution in [2.45, 2.75) is 59.3 Å². The van der Waals surface area contributed by atoms with E-state index in [0.717, 1.165) is 32.1 Å². The van der Waals surface area contributed by atoms with Gasteiger partial charge in [-0.15, -0.1) is 0 Å². The number of unbranched alkanes of at least 4 members (excludes halogenated alkanes) is 2. The summed E-state index contributed by atoms with van der Waals surface area (Å²) in [5.41, 5.74) is 0. The molecule has 0 radical (unpaired) electrons. The van der Waals surface area contributed by atoms with Gasteiger partial charge in [-0.1, -0.05) is 45.8 Å². The highest BCUT2D eigenvalue weighted by Gasteiger charge is 2.09. The molecule has 0 aromatic carbocycles. The average Bonchev–Trinajstić information content (AvgIpc) is 2.20. The number of Topliss-reactive ketones (excluding diaryl/α,β-unsaturated/α-hetero) is 1. The van der Waals surface area contributed by atoms with Gasteiger partial charge in [0.25, 0.3) is 0 Å². The summed E-state index contributed by atoms with van der Waals surface area (Å²) in [4.78, 5) is 11.5. The topological polar surface area (TPSA) is 17.1 Å². The average molecular weight is 196 g/mol. The van der Waals surface area contributed by atoms with Crippen LogP contribution in [0.15, 0.2) is 12.2 Å². The molecule has 0 aliphatic rings. The lowest BCUT2D eigenvalue weighted by molar-refractivity contribution is -0.122. The van der Waals surface area contributed by atoms with E-state index < -0.39 is 0 Å². The fourth-order valence-electron chi connectivity index (χ4n) is 1.31. The SMILES string of the molecule is CCCC=CCC(C)C(=O)CCCC. The van der Waals surface area contributed by atoms with Crippen LogP contribution in [0.2, 0.25) is 0 Å². The minimum atomic E-state index is 0.217. The van der Waals surface area contributed by atoms with Crippen molar-refractivity contribution in [1.29, 1.82) is 0 Å². The fraction of sp³-hybridized carbons (Fsp3) is 0.769. The van der Waals surface area contributed by atoms with E-state index in [1.54, 1.807) is 0 Å². The quantitative estimate of drug-likeness (QED) is 0.533. The lowest BCUT2D eigenvalue weighted by Crippen LogP contribution is -2.09. The fourth-order valence-corrected chi connectivity index (χ4v) is 1.31. The highest BCUT2D eigenvalue weighted by molar-refractivity contribution is 5.80. The smallest absolute Gasteiger partial charge is 0.136 e. The van der Waals surface area contributed by atoms with Crippen LogP contribution in [0.4, 0.5) is 0 Å². The largest absolute Gasteiger partial charge is 0.299 e. The molecule has 0 aliphatic heterocycles. The van der Waals surface area contributed by atoms with Crippen molar-refractivity contribution < 1.29 is 4.79 Å². The summed E-state index contributed by atoms with van der Waals surface area (Å²) in [6.07, 6.45) is 10.5. The van der Waals surface area contributed by atoms with Crippen LogP contribution >= 0.6 is 0 Å². The van der Waals surface area contributed by atoms with E-state index in [1.165, 1.54) is 6.42 Å². The molecule has 1 unspecified atom stereocenters. The maximum absolute atomic E-state index is 11.5. The van der Waals surface area contributed by atoms with E-state index >= 15 is 0 Å². The maximum Gasteiger partial charge on any atom is 0.136 e. The number of hydrogen-bond acceptors (Lipinski definition) is 1. The van der Waals surface area contributed by atoms with Gasteiger partial charge in [-0.3, -0.25) is 4.79 Å². The van der Waals surface area contributed by atoms with Crippen LogP contribution in [0.5, 0.6) is 0 Å². The van der Waals surface area contributed by atoms with Gasteiger partial charge in [0.15, 0.2) is 0 Å². The molecule has 0 aromatic heterocycles. The predicted molar refractivity (Wildman–Crippen MR) is 62.4 cm³/mol. The standard InChI is InChI=1S/C13H24O/c1-4-6-8-9-10-12(3)13(14)11-7-5-2/h8-9,12H,4-7,10-11H2,1-3H3. The van der Waals surface area contributed by atoms with Gasteiger partial charge in [-0.2, -0.15) is 0 Å². The molecule has 0 rings (SSSR count). The third-order valence-electron chi connectivity index (χ3n) is 2.44. The number of rotatable bonds is 8. The van der Waals surface area contributed by atoms with Crippen molar-refractivity contribution in [1.82, 2.24) is 0 Å². The number of carbonyl (C=O) groups is 1. The molecular weight excluding hydrogens is 172 g/mol. The summed E-state index contributed by atoms with van der Waals surface area (Å²) >= 11 is 0. The normalized spacial score (nSPS) is 13.4. The first kappa shape index (κ1) is 13.4. The van der Waals surface area contributed by atoms with E-state index in [2.05, 4.69) is 26.0 Å². The van der Waals surface area contributed by atoms with Crippen LogP contribution in [0.1, 0.15) is 59.3 Å². The lowest BCUT2D eigenvalue weighted by Gasteiger charge is -2.06. The second kappa shape index (κ2) is 8.98. The highest BCUT2D eigenvalue weighted by atomic mass is 16.1. The zero-order valence-corrected chi connectivity index (χ0v) is 9.88. The van der Waals surface area contributed by atoms with Crippen LogP contribution in [0, 0.1) is 5.92 Å². The summed E-state index contributed by atoms with van der Waals surface area (Å²) in [6, 6.07) is 0. The Morgan fingerprint density at radius 1 is 1.21 bits per heavy atom. The van der Waals surface area contributed by atoms with Crippen molar-refractivity contribution >= 4 is 5.78 Å². The van der Waals surface area contributed by atoms with Gasteiger partial charge in [0.1, 0.15) is 5.78 Å². The predicted octanol–water partition coefficient (Wildman–Crippen LogP) is 4.13. The van der Waals surface area contributed by atoms with Crippen LogP contribution in [0.3, 0.4) is 0 Å². The Bertz CT molecular complexity index is 170. The Morgan fingerprint density at radius 3 is 2.50 bits per heavy atom. The minimum absolute atomic E-state index is 0.217. The summed E-state index contributed by atoms with van der Waals surface area (Å²) in [5.74, 6) is 0.641. The molecule has 0 bridgehead atoms. The molecular formula is C13H24O. The first-order valence-corrected chi connectivity index (χ1v) is 5.90. The first-order chi connectivity index (χ1) is 6.72. The zero-order valence-electron chi connectivity index (χ0n) is 9.88. The van der Waals surface area contributed by atoms with Gasteiger partial charge in [0.05, 0.1) is 0 Å². The highest BCUT2D eigenvalue weighted by Crippen LogP contribution is 2.10.